The lowest BCUT2D eigenvalue weighted by Gasteiger charge is -2.15. The van der Waals surface area contributed by atoms with E-state index in [2.05, 4.69) is 0 Å². The second kappa shape index (κ2) is 5.55. The van der Waals surface area contributed by atoms with Gasteiger partial charge in [0.25, 0.3) is 0 Å². The molecule has 0 spiro atoms. The van der Waals surface area contributed by atoms with E-state index in [1.165, 1.54) is 31.4 Å². The number of hydrogen-bond donors (Lipinski definition) is 1. The van der Waals surface area contributed by atoms with Gasteiger partial charge < -0.3 is 10.5 Å². The van der Waals surface area contributed by atoms with E-state index in [-0.39, 0.29) is 16.3 Å². The van der Waals surface area contributed by atoms with Crippen LogP contribution in [0.5, 0.6) is 5.75 Å². The highest BCUT2D eigenvalue weighted by Gasteiger charge is 2.17. The maximum absolute atomic E-state index is 14.1. The summed E-state index contributed by atoms with van der Waals surface area (Å²) in [6.45, 7) is 0. The molecule has 1 atom stereocenters. The van der Waals surface area contributed by atoms with Crippen molar-refractivity contribution in [3.05, 3.63) is 64.2 Å². The van der Waals surface area contributed by atoms with E-state index in [1.54, 1.807) is 12.1 Å². The van der Waals surface area contributed by atoms with Crippen molar-refractivity contribution in [1.29, 1.82) is 0 Å². The molecule has 1 unspecified atom stereocenters. The van der Waals surface area contributed by atoms with Crippen LogP contribution in [0.4, 0.5) is 8.78 Å². The zero-order chi connectivity index (χ0) is 14.0. The van der Waals surface area contributed by atoms with Gasteiger partial charge in [-0.2, -0.15) is 0 Å². The average molecular weight is 284 g/mol. The number of rotatable bonds is 3. The van der Waals surface area contributed by atoms with Gasteiger partial charge >= 0.3 is 0 Å². The van der Waals surface area contributed by atoms with E-state index in [1.807, 2.05) is 0 Å². The predicted molar refractivity (Wildman–Crippen MR) is 70.4 cm³/mol. The minimum absolute atomic E-state index is 0.00191. The van der Waals surface area contributed by atoms with Crippen molar-refractivity contribution >= 4 is 11.6 Å². The quantitative estimate of drug-likeness (QED) is 0.933. The number of methoxy groups -OCH3 is 1. The molecule has 0 saturated heterocycles. The second-order valence-electron chi connectivity index (χ2n) is 4.01. The molecule has 0 aliphatic carbocycles. The van der Waals surface area contributed by atoms with Gasteiger partial charge in [-0.15, -0.1) is 0 Å². The predicted octanol–water partition coefficient (Wildman–Crippen LogP) is 3.67. The molecule has 0 saturated carbocycles. The molecule has 19 heavy (non-hydrogen) atoms. The maximum Gasteiger partial charge on any atom is 0.170 e. The molecule has 0 bridgehead atoms. The first-order chi connectivity index (χ1) is 9.04. The van der Waals surface area contributed by atoms with E-state index in [4.69, 9.17) is 22.1 Å². The zero-order valence-corrected chi connectivity index (χ0v) is 10.9. The van der Waals surface area contributed by atoms with Gasteiger partial charge in [0.1, 0.15) is 5.82 Å². The molecule has 0 aliphatic rings. The zero-order valence-electron chi connectivity index (χ0n) is 10.2. The van der Waals surface area contributed by atoms with Crippen LogP contribution in [0.15, 0.2) is 36.4 Å². The van der Waals surface area contributed by atoms with Crippen LogP contribution in [0, 0.1) is 11.6 Å². The van der Waals surface area contributed by atoms with Crippen molar-refractivity contribution in [2.75, 3.05) is 7.11 Å². The Kier molecular flexibility index (Phi) is 4.02. The molecule has 0 aliphatic heterocycles. The molecule has 0 amide bonds. The van der Waals surface area contributed by atoms with Crippen LogP contribution >= 0.6 is 11.6 Å². The van der Waals surface area contributed by atoms with Gasteiger partial charge in [-0.25, -0.2) is 8.78 Å². The van der Waals surface area contributed by atoms with Gasteiger partial charge in [0, 0.05) is 5.56 Å². The SMILES string of the molecule is COc1cccc(C(N)c2ccc(Cl)c(F)c2)c1F. The van der Waals surface area contributed by atoms with Crippen LogP contribution < -0.4 is 10.5 Å². The lowest BCUT2D eigenvalue weighted by molar-refractivity contribution is 0.383. The molecule has 2 N–H and O–H groups in total. The normalized spacial score (nSPS) is 12.3. The number of hydrogen-bond acceptors (Lipinski definition) is 2. The molecule has 0 heterocycles. The molecule has 2 aromatic carbocycles. The Balaban J connectivity index is 2.43. The summed E-state index contributed by atoms with van der Waals surface area (Å²) in [6, 6.07) is 8.03. The van der Waals surface area contributed by atoms with Gasteiger partial charge in [-0.05, 0) is 23.8 Å². The van der Waals surface area contributed by atoms with Crippen LogP contribution in [0.2, 0.25) is 5.02 Å². The Morgan fingerprint density at radius 1 is 1.21 bits per heavy atom. The van der Waals surface area contributed by atoms with Gasteiger partial charge in [-0.3, -0.25) is 0 Å². The van der Waals surface area contributed by atoms with Crippen LogP contribution in [-0.2, 0) is 0 Å². The van der Waals surface area contributed by atoms with Gasteiger partial charge in [0.15, 0.2) is 11.6 Å². The third kappa shape index (κ3) is 2.69. The van der Waals surface area contributed by atoms with Crippen molar-refractivity contribution < 1.29 is 13.5 Å². The van der Waals surface area contributed by atoms with Gasteiger partial charge in [0.2, 0.25) is 0 Å². The summed E-state index contributed by atoms with van der Waals surface area (Å²) >= 11 is 5.60. The minimum atomic E-state index is -0.790. The number of halogens is 3. The summed E-state index contributed by atoms with van der Waals surface area (Å²) in [7, 11) is 1.37. The lowest BCUT2D eigenvalue weighted by atomic mass is 9.99. The Morgan fingerprint density at radius 3 is 2.58 bits per heavy atom. The van der Waals surface area contributed by atoms with Crippen molar-refractivity contribution in [3.63, 3.8) is 0 Å². The fraction of sp³-hybridized carbons (Fsp3) is 0.143. The number of nitrogens with two attached hydrogens (primary N) is 1. The molecule has 0 aromatic heterocycles. The van der Waals surface area contributed by atoms with E-state index in [0.717, 1.165) is 0 Å². The van der Waals surface area contributed by atoms with Crippen LogP contribution in [-0.4, -0.2) is 7.11 Å². The van der Waals surface area contributed by atoms with Gasteiger partial charge in [0.05, 0.1) is 18.2 Å². The summed E-state index contributed by atoms with van der Waals surface area (Å²) in [5.74, 6) is -1.03. The smallest absolute Gasteiger partial charge is 0.170 e. The third-order valence-electron chi connectivity index (χ3n) is 2.85. The van der Waals surface area contributed by atoms with Crippen molar-refractivity contribution in [2.45, 2.75) is 6.04 Å². The van der Waals surface area contributed by atoms with Gasteiger partial charge in [-0.1, -0.05) is 29.8 Å². The molecule has 2 rings (SSSR count). The first-order valence-electron chi connectivity index (χ1n) is 5.57. The number of ether oxygens (including phenoxy) is 1. The molecule has 0 radical (unpaired) electrons. The molecule has 2 nitrogen and oxygen atoms in total. The highest BCUT2D eigenvalue weighted by molar-refractivity contribution is 6.30. The molecular formula is C14H12ClF2NO. The molecule has 5 heteroatoms. The summed E-state index contributed by atoms with van der Waals surface area (Å²) < 4.78 is 32.3. The standard InChI is InChI=1S/C14H12ClF2NO/c1-19-12-4-2-3-9(13(12)17)14(18)8-5-6-10(15)11(16)7-8/h2-7,14H,18H2,1H3. The average Bonchev–Trinajstić information content (AvgIpc) is 2.41. The van der Waals surface area contributed by atoms with Crippen LogP contribution in [0.1, 0.15) is 17.2 Å². The van der Waals surface area contributed by atoms with Crippen LogP contribution in [0.25, 0.3) is 0 Å². The first kappa shape index (κ1) is 13.8. The summed E-state index contributed by atoms with van der Waals surface area (Å²) in [5.41, 5.74) is 6.63. The summed E-state index contributed by atoms with van der Waals surface area (Å²) in [4.78, 5) is 0. The molecule has 0 fully saturated rings. The topological polar surface area (TPSA) is 35.2 Å². The second-order valence-corrected chi connectivity index (χ2v) is 4.42. The van der Waals surface area contributed by atoms with Crippen molar-refractivity contribution in [1.82, 2.24) is 0 Å². The fourth-order valence-electron chi connectivity index (χ4n) is 1.81. The summed E-state index contributed by atoms with van der Waals surface area (Å²) in [5, 5.41) is 0.00191. The Labute approximate surface area is 114 Å². The van der Waals surface area contributed by atoms with E-state index in [9.17, 15) is 8.78 Å². The Bertz CT molecular complexity index is 604. The first-order valence-corrected chi connectivity index (χ1v) is 5.95. The van der Waals surface area contributed by atoms with Crippen molar-refractivity contribution in [3.8, 4) is 5.75 Å². The van der Waals surface area contributed by atoms with E-state index < -0.39 is 17.7 Å². The maximum atomic E-state index is 14.1. The fourth-order valence-corrected chi connectivity index (χ4v) is 1.93. The summed E-state index contributed by atoms with van der Waals surface area (Å²) in [6.07, 6.45) is 0. The third-order valence-corrected chi connectivity index (χ3v) is 3.16. The largest absolute Gasteiger partial charge is 0.494 e. The van der Waals surface area contributed by atoms with Crippen LogP contribution in [0.3, 0.4) is 0 Å². The van der Waals surface area contributed by atoms with Crippen molar-refractivity contribution in [2.24, 2.45) is 5.73 Å². The Morgan fingerprint density at radius 2 is 1.95 bits per heavy atom. The Hall–Kier alpha value is -1.65. The highest BCUT2D eigenvalue weighted by Crippen LogP contribution is 2.29. The lowest BCUT2D eigenvalue weighted by Crippen LogP contribution is -2.14. The molecule has 2 aromatic rings. The van der Waals surface area contributed by atoms with E-state index >= 15 is 0 Å². The molecular weight excluding hydrogens is 272 g/mol. The molecule has 100 valence electrons. The monoisotopic (exact) mass is 283 g/mol. The number of benzene rings is 2. The van der Waals surface area contributed by atoms with E-state index in [0.29, 0.717) is 5.56 Å². The highest BCUT2D eigenvalue weighted by atomic mass is 35.5. The minimum Gasteiger partial charge on any atom is -0.494 e.